The van der Waals surface area contributed by atoms with Crippen LogP contribution in [0.15, 0.2) is 23.1 Å². The lowest BCUT2D eigenvalue weighted by atomic mass is 10.0. The van der Waals surface area contributed by atoms with Crippen molar-refractivity contribution in [1.29, 1.82) is 0 Å². The van der Waals surface area contributed by atoms with Gasteiger partial charge in [-0.3, -0.25) is 0 Å². The number of hydrogen-bond acceptors (Lipinski definition) is 3. The van der Waals surface area contributed by atoms with Gasteiger partial charge in [-0.1, -0.05) is 24.6 Å². The Kier molecular flexibility index (Phi) is 3.35. The summed E-state index contributed by atoms with van der Waals surface area (Å²) >= 11 is 4.10. The fourth-order valence-corrected chi connectivity index (χ4v) is 1.70. The monoisotopic (exact) mass is 200 g/mol. The molecule has 0 fully saturated rings. The van der Waals surface area contributed by atoms with Gasteiger partial charge in [0.15, 0.2) is 0 Å². The summed E-state index contributed by atoms with van der Waals surface area (Å²) in [7, 11) is 1.39. The Balaban J connectivity index is 3.08. The molecule has 0 saturated carbocycles. The highest BCUT2D eigenvalue weighted by Gasteiger charge is 2.05. The van der Waals surface area contributed by atoms with Gasteiger partial charge in [-0.2, -0.15) is 0 Å². The minimum Gasteiger partial charge on any atom is -0.508 e. The average molecular weight is 200 g/mol. The summed E-state index contributed by atoms with van der Waals surface area (Å²) in [5.41, 5.74) is 0.981. The Morgan fingerprint density at radius 1 is 1.42 bits per heavy atom. The first-order valence-corrected chi connectivity index (χ1v) is 5.66. The van der Waals surface area contributed by atoms with Crippen LogP contribution in [-0.2, 0) is 0 Å². The van der Waals surface area contributed by atoms with Gasteiger partial charge in [0, 0.05) is 4.90 Å². The Morgan fingerprint density at radius 3 is 2.58 bits per heavy atom. The SMILES string of the molecule is CC(C)c1cc(SS)ccc1O. The highest BCUT2D eigenvalue weighted by molar-refractivity contribution is 8.68. The predicted molar refractivity (Wildman–Crippen MR) is 57.0 cm³/mol. The Bertz CT molecular complexity index is 271. The van der Waals surface area contributed by atoms with E-state index in [-0.39, 0.29) is 0 Å². The van der Waals surface area contributed by atoms with E-state index in [1.54, 1.807) is 6.07 Å². The van der Waals surface area contributed by atoms with Crippen molar-refractivity contribution < 1.29 is 5.11 Å². The maximum absolute atomic E-state index is 9.47. The number of hydrogen-bond donors (Lipinski definition) is 2. The van der Waals surface area contributed by atoms with Gasteiger partial charge in [0.1, 0.15) is 5.75 Å². The van der Waals surface area contributed by atoms with Crippen LogP contribution < -0.4 is 0 Å². The molecule has 0 unspecified atom stereocenters. The van der Waals surface area contributed by atoms with E-state index in [1.807, 2.05) is 12.1 Å². The first-order valence-electron chi connectivity index (χ1n) is 3.79. The molecule has 1 aromatic carbocycles. The van der Waals surface area contributed by atoms with Crippen molar-refractivity contribution in [3.8, 4) is 5.75 Å². The summed E-state index contributed by atoms with van der Waals surface area (Å²) in [5, 5.41) is 9.47. The molecule has 0 spiro atoms. The van der Waals surface area contributed by atoms with Gasteiger partial charge in [0.25, 0.3) is 0 Å². The molecule has 0 radical (unpaired) electrons. The van der Waals surface area contributed by atoms with Crippen molar-refractivity contribution in [3.63, 3.8) is 0 Å². The van der Waals surface area contributed by atoms with Crippen LogP contribution >= 0.6 is 22.5 Å². The highest BCUT2D eigenvalue weighted by atomic mass is 33.1. The second-order valence-corrected chi connectivity index (χ2v) is 4.17. The molecule has 0 aliphatic heterocycles. The van der Waals surface area contributed by atoms with E-state index in [9.17, 15) is 5.11 Å². The molecule has 0 amide bonds. The molecular weight excluding hydrogens is 188 g/mol. The maximum Gasteiger partial charge on any atom is 0.119 e. The topological polar surface area (TPSA) is 20.2 Å². The average Bonchev–Trinajstić information content (AvgIpc) is 2.05. The summed E-state index contributed by atoms with van der Waals surface area (Å²) < 4.78 is 0. The van der Waals surface area contributed by atoms with Gasteiger partial charge in [0.05, 0.1) is 0 Å². The van der Waals surface area contributed by atoms with Gasteiger partial charge < -0.3 is 5.11 Å². The summed E-state index contributed by atoms with van der Waals surface area (Å²) in [6.07, 6.45) is 0. The molecule has 0 aliphatic carbocycles. The molecule has 0 aromatic heterocycles. The van der Waals surface area contributed by atoms with Gasteiger partial charge in [0.2, 0.25) is 0 Å². The van der Waals surface area contributed by atoms with Crippen molar-refractivity contribution in [3.05, 3.63) is 23.8 Å². The van der Waals surface area contributed by atoms with Crippen molar-refractivity contribution in [2.75, 3.05) is 0 Å². The van der Waals surface area contributed by atoms with Crippen LogP contribution in [-0.4, -0.2) is 5.11 Å². The second kappa shape index (κ2) is 4.10. The zero-order valence-corrected chi connectivity index (χ0v) is 8.82. The van der Waals surface area contributed by atoms with E-state index in [1.165, 1.54) is 10.8 Å². The lowest BCUT2D eigenvalue weighted by Crippen LogP contribution is -1.87. The van der Waals surface area contributed by atoms with Crippen LogP contribution in [0, 0.1) is 0 Å². The summed E-state index contributed by atoms with van der Waals surface area (Å²) in [4.78, 5) is 1.07. The van der Waals surface area contributed by atoms with Gasteiger partial charge in [-0.15, -0.1) is 11.7 Å². The number of thiol groups is 1. The molecule has 0 aliphatic rings. The minimum absolute atomic E-state index is 0.352. The summed E-state index contributed by atoms with van der Waals surface area (Å²) in [5.74, 6) is 0.724. The molecule has 1 aromatic rings. The first kappa shape index (κ1) is 9.81. The Morgan fingerprint density at radius 2 is 2.08 bits per heavy atom. The molecule has 0 heterocycles. The Labute approximate surface area is 82.0 Å². The van der Waals surface area contributed by atoms with E-state index in [0.29, 0.717) is 11.7 Å². The van der Waals surface area contributed by atoms with Crippen molar-refractivity contribution in [1.82, 2.24) is 0 Å². The van der Waals surface area contributed by atoms with Crippen LogP contribution in [0.25, 0.3) is 0 Å². The Hall–Kier alpha value is -0.280. The number of phenolic OH excluding ortho intramolecular Hbond substituents is 1. The van der Waals surface area contributed by atoms with Crippen LogP contribution in [0.1, 0.15) is 25.3 Å². The zero-order valence-electron chi connectivity index (χ0n) is 7.11. The third-order valence-electron chi connectivity index (χ3n) is 1.73. The number of benzene rings is 1. The fraction of sp³-hybridized carbons (Fsp3) is 0.333. The molecule has 1 rings (SSSR count). The standard InChI is InChI=1S/C9H12OS2/c1-6(2)8-5-7(12-11)3-4-9(8)10/h3-6,10-11H,1-2H3. The third-order valence-corrected chi connectivity index (χ3v) is 2.82. The fourth-order valence-electron chi connectivity index (χ4n) is 1.05. The minimum atomic E-state index is 0.352. The quantitative estimate of drug-likeness (QED) is 0.563. The smallest absolute Gasteiger partial charge is 0.119 e. The van der Waals surface area contributed by atoms with Crippen LogP contribution in [0.2, 0.25) is 0 Å². The molecular formula is C9H12OS2. The van der Waals surface area contributed by atoms with E-state index in [0.717, 1.165) is 10.5 Å². The van der Waals surface area contributed by atoms with E-state index >= 15 is 0 Å². The van der Waals surface area contributed by atoms with Gasteiger partial charge >= 0.3 is 0 Å². The lowest BCUT2D eigenvalue weighted by Gasteiger charge is -2.08. The number of rotatable bonds is 2. The molecule has 0 saturated heterocycles. The van der Waals surface area contributed by atoms with E-state index in [2.05, 4.69) is 25.5 Å². The largest absolute Gasteiger partial charge is 0.508 e. The number of aromatic hydroxyl groups is 1. The van der Waals surface area contributed by atoms with Crippen molar-refractivity contribution in [2.45, 2.75) is 24.7 Å². The normalized spacial score (nSPS) is 10.7. The lowest BCUT2D eigenvalue weighted by molar-refractivity contribution is 0.464. The molecule has 66 valence electrons. The number of phenols is 1. The molecule has 1 nitrogen and oxygen atoms in total. The second-order valence-electron chi connectivity index (χ2n) is 2.97. The molecule has 3 heteroatoms. The van der Waals surface area contributed by atoms with E-state index < -0.39 is 0 Å². The van der Waals surface area contributed by atoms with Crippen LogP contribution in [0.4, 0.5) is 0 Å². The molecule has 0 bridgehead atoms. The van der Waals surface area contributed by atoms with Crippen molar-refractivity contribution >= 4 is 22.5 Å². The summed E-state index contributed by atoms with van der Waals surface area (Å²) in [6.45, 7) is 4.12. The third kappa shape index (κ3) is 2.11. The van der Waals surface area contributed by atoms with Crippen LogP contribution in [0.3, 0.4) is 0 Å². The van der Waals surface area contributed by atoms with Gasteiger partial charge in [-0.25, -0.2) is 0 Å². The highest BCUT2D eigenvalue weighted by Crippen LogP contribution is 2.31. The van der Waals surface area contributed by atoms with Crippen LogP contribution in [0.5, 0.6) is 5.75 Å². The first-order chi connectivity index (χ1) is 5.65. The zero-order chi connectivity index (χ0) is 9.14. The van der Waals surface area contributed by atoms with Gasteiger partial charge in [-0.05, 0) is 29.7 Å². The van der Waals surface area contributed by atoms with E-state index in [4.69, 9.17) is 0 Å². The molecule has 0 atom stereocenters. The molecule has 1 N–H and O–H groups in total. The predicted octanol–water partition coefficient (Wildman–Crippen LogP) is 3.45. The summed E-state index contributed by atoms with van der Waals surface area (Å²) in [6, 6.07) is 5.55. The van der Waals surface area contributed by atoms with Crippen molar-refractivity contribution in [2.24, 2.45) is 0 Å². The maximum atomic E-state index is 9.47. The molecule has 12 heavy (non-hydrogen) atoms.